The predicted molar refractivity (Wildman–Crippen MR) is 100 cm³/mol. The van der Waals surface area contributed by atoms with Crippen molar-refractivity contribution in [3.8, 4) is 0 Å². The number of hydrogen-bond donors (Lipinski definition) is 2. The number of carboxylic acids is 1. The molecule has 6 nitrogen and oxygen atoms in total. The zero-order valence-corrected chi connectivity index (χ0v) is 16.3. The number of benzene rings is 1. The summed E-state index contributed by atoms with van der Waals surface area (Å²) in [7, 11) is -3.39. The van der Waals surface area contributed by atoms with E-state index in [4.69, 9.17) is 5.11 Å². The third-order valence-corrected chi connectivity index (χ3v) is 6.84. The fraction of sp³-hybridized carbons (Fsp3) is 0.632. The molecule has 0 bridgehead atoms. The summed E-state index contributed by atoms with van der Waals surface area (Å²) in [6, 6.07) is 5.80. The van der Waals surface area contributed by atoms with Crippen LogP contribution < -0.4 is 4.72 Å². The zero-order chi connectivity index (χ0) is 18.9. The van der Waals surface area contributed by atoms with Gasteiger partial charge in [-0.3, -0.25) is 9.69 Å². The van der Waals surface area contributed by atoms with E-state index < -0.39 is 16.0 Å². The van der Waals surface area contributed by atoms with Gasteiger partial charge >= 0.3 is 5.97 Å². The molecule has 0 atom stereocenters. The van der Waals surface area contributed by atoms with Gasteiger partial charge in [-0.25, -0.2) is 13.1 Å². The smallest absolute Gasteiger partial charge is 0.317 e. The molecule has 1 aromatic carbocycles. The molecule has 0 aromatic heterocycles. The highest BCUT2D eigenvalue weighted by Crippen LogP contribution is 2.34. The van der Waals surface area contributed by atoms with E-state index in [0.717, 1.165) is 23.2 Å². The number of aryl methyl sites for hydroxylation is 2. The Labute approximate surface area is 155 Å². The first kappa shape index (κ1) is 19.3. The molecule has 2 fully saturated rings. The number of hydrogen-bond acceptors (Lipinski definition) is 4. The summed E-state index contributed by atoms with van der Waals surface area (Å²) in [5.74, 6) is -0.213. The molecule has 1 aromatic rings. The Morgan fingerprint density at radius 1 is 1.23 bits per heavy atom. The van der Waals surface area contributed by atoms with Crippen molar-refractivity contribution in [3.05, 3.63) is 34.9 Å². The molecule has 0 unspecified atom stereocenters. The number of rotatable bonds is 9. The Morgan fingerprint density at radius 2 is 1.92 bits per heavy atom. The Bertz CT molecular complexity index is 768. The molecule has 2 saturated carbocycles. The first-order chi connectivity index (χ1) is 12.2. The van der Waals surface area contributed by atoms with Gasteiger partial charge in [-0.1, -0.05) is 18.2 Å². The van der Waals surface area contributed by atoms with Gasteiger partial charge in [0, 0.05) is 18.6 Å². The van der Waals surface area contributed by atoms with Gasteiger partial charge in [0.05, 0.1) is 12.3 Å². The van der Waals surface area contributed by atoms with Crippen LogP contribution in [0.2, 0.25) is 0 Å². The van der Waals surface area contributed by atoms with E-state index in [2.05, 4.69) is 4.72 Å². The summed E-state index contributed by atoms with van der Waals surface area (Å²) in [5, 5.41) is 9.09. The molecular formula is C19H28N2O4S. The maximum atomic E-state index is 12.4. The van der Waals surface area contributed by atoms with E-state index >= 15 is 0 Å². The van der Waals surface area contributed by atoms with E-state index in [1.54, 1.807) is 0 Å². The van der Waals surface area contributed by atoms with Crippen LogP contribution in [-0.4, -0.2) is 49.6 Å². The molecule has 2 aliphatic rings. The molecule has 0 saturated heterocycles. The van der Waals surface area contributed by atoms with Gasteiger partial charge in [0.15, 0.2) is 0 Å². The van der Waals surface area contributed by atoms with E-state index in [9.17, 15) is 13.2 Å². The van der Waals surface area contributed by atoms with Crippen molar-refractivity contribution in [2.24, 2.45) is 5.92 Å². The van der Waals surface area contributed by atoms with Crippen LogP contribution in [0.3, 0.4) is 0 Å². The lowest BCUT2D eigenvalue weighted by atomic mass is 9.86. The number of carbonyl (C=O) groups is 1. The van der Waals surface area contributed by atoms with Gasteiger partial charge in [0.2, 0.25) is 10.0 Å². The van der Waals surface area contributed by atoms with Crippen LogP contribution in [0.15, 0.2) is 18.2 Å². The average molecular weight is 381 g/mol. The molecular weight excluding hydrogens is 352 g/mol. The topological polar surface area (TPSA) is 86.7 Å². The fourth-order valence-corrected chi connectivity index (χ4v) is 4.94. The molecule has 0 radical (unpaired) electrons. The standard InChI is InChI=1S/C19H28N2O4S/c1-13-3-4-16(7-14(13)2)12-26(24,25)20-17-8-18(9-17)21(11-19(22)23)10-15-5-6-15/h3-4,7,15,17-18,20H,5-6,8-12H2,1-2H3,(H,22,23). The lowest BCUT2D eigenvalue weighted by Crippen LogP contribution is -2.55. The molecule has 7 heteroatoms. The Balaban J connectivity index is 1.51. The van der Waals surface area contributed by atoms with E-state index in [1.807, 2.05) is 36.9 Å². The van der Waals surface area contributed by atoms with E-state index in [-0.39, 0.29) is 24.4 Å². The summed E-state index contributed by atoms with van der Waals surface area (Å²) in [5.41, 5.74) is 3.03. The molecule has 0 heterocycles. The highest BCUT2D eigenvalue weighted by atomic mass is 32.2. The number of nitrogens with one attached hydrogen (secondary N) is 1. The van der Waals surface area contributed by atoms with Gasteiger partial charge in [0.1, 0.15) is 0 Å². The molecule has 2 aliphatic carbocycles. The molecule has 26 heavy (non-hydrogen) atoms. The first-order valence-corrected chi connectivity index (χ1v) is 10.9. The minimum atomic E-state index is -3.39. The van der Waals surface area contributed by atoms with E-state index in [1.165, 1.54) is 12.8 Å². The second kappa shape index (κ2) is 7.66. The summed E-state index contributed by atoms with van der Waals surface area (Å²) in [4.78, 5) is 13.1. The Hall–Kier alpha value is -1.44. The Kier molecular flexibility index (Phi) is 5.69. The van der Waals surface area contributed by atoms with Crippen molar-refractivity contribution < 1.29 is 18.3 Å². The molecule has 0 aliphatic heterocycles. The number of nitrogens with zero attached hydrogens (tertiary/aromatic N) is 1. The van der Waals surface area contributed by atoms with Gasteiger partial charge in [-0.2, -0.15) is 0 Å². The zero-order valence-electron chi connectivity index (χ0n) is 15.4. The van der Waals surface area contributed by atoms with Crippen molar-refractivity contribution in [2.45, 2.75) is 57.4 Å². The number of aliphatic carboxylic acids is 1. The molecule has 0 spiro atoms. The first-order valence-electron chi connectivity index (χ1n) is 9.24. The molecule has 144 valence electrons. The van der Waals surface area contributed by atoms with Crippen LogP contribution in [0.4, 0.5) is 0 Å². The average Bonchev–Trinajstić information content (AvgIpc) is 3.29. The lowest BCUT2D eigenvalue weighted by molar-refractivity contribution is -0.139. The second-order valence-electron chi connectivity index (χ2n) is 7.88. The van der Waals surface area contributed by atoms with E-state index in [0.29, 0.717) is 18.8 Å². The molecule has 3 rings (SSSR count). The monoisotopic (exact) mass is 380 g/mol. The third-order valence-electron chi connectivity index (χ3n) is 5.43. The summed E-state index contributed by atoms with van der Waals surface area (Å²) in [6.45, 7) is 4.85. The van der Waals surface area contributed by atoms with Crippen LogP contribution in [0.5, 0.6) is 0 Å². The highest BCUT2D eigenvalue weighted by molar-refractivity contribution is 7.88. The maximum absolute atomic E-state index is 12.4. The fourth-order valence-electron chi connectivity index (χ4n) is 3.54. The minimum Gasteiger partial charge on any atom is -0.480 e. The number of sulfonamides is 1. The molecule has 2 N–H and O–H groups in total. The van der Waals surface area contributed by atoms with Crippen molar-refractivity contribution in [1.82, 2.24) is 9.62 Å². The second-order valence-corrected chi connectivity index (χ2v) is 9.64. The van der Waals surface area contributed by atoms with Gasteiger partial charge in [0.25, 0.3) is 0 Å². The van der Waals surface area contributed by atoms with Crippen LogP contribution in [0.1, 0.15) is 42.4 Å². The van der Waals surface area contributed by atoms with Crippen molar-refractivity contribution in [2.75, 3.05) is 13.1 Å². The summed E-state index contributed by atoms with van der Waals surface area (Å²) >= 11 is 0. The normalized spacial score (nSPS) is 23.0. The van der Waals surface area contributed by atoms with Crippen LogP contribution in [-0.2, 0) is 20.6 Å². The highest BCUT2D eigenvalue weighted by Gasteiger charge is 2.38. The SMILES string of the molecule is Cc1ccc(CS(=O)(=O)NC2CC(N(CC(=O)O)CC3CC3)C2)cc1C. The predicted octanol–water partition coefficient (Wildman–Crippen LogP) is 2.05. The van der Waals surface area contributed by atoms with Gasteiger partial charge < -0.3 is 5.11 Å². The van der Waals surface area contributed by atoms with Crippen LogP contribution >= 0.6 is 0 Å². The van der Waals surface area contributed by atoms with Crippen LogP contribution in [0, 0.1) is 19.8 Å². The minimum absolute atomic E-state index is 0.0177. The summed E-state index contributed by atoms with van der Waals surface area (Å²) < 4.78 is 27.6. The third kappa shape index (κ3) is 5.28. The van der Waals surface area contributed by atoms with Crippen molar-refractivity contribution in [3.63, 3.8) is 0 Å². The largest absolute Gasteiger partial charge is 0.480 e. The van der Waals surface area contributed by atoms with Crippen molar-refractivity contribution in [1.29, 1.82) is 0 Å². The molecule has 0 amide bonds. The maximum Gasteiger partial charge on any atom is 0.317 e. The Morgan fingerprint density at radius 3 is 2.50 bits per heavy atom. The van der Waals surface area contributed by atoms with Crippen LogP contribution in [0.25, 0.3) is 0 Å². The van der Waals surface area contributed by atoms with Gasteiger partial charge in [-0.15, -0.1) is 0 Å². The lowest BCUT2D eigenvalue weighted by Gasteiger charge is -2.42. The van der Waals surface area contributed by atoms with Crippen molar-refractivity contribution >= 4 is 16.0 Å². The van der Waals surface area contributed by atoms with Gasteiger partial charge in [-0.05, 0) is 62.1 Å². The number of carboxylic acid groups (broad SMARTS) is 1. The quantitative estimate of drug-likeness (QED) is 0.685. The summed E-state index contributed by atoms with van der Waals surface area (Å²) in [6.07, 6.45) is 3.72.